The van der Waals surface area contributed by atoms with E-state index < -0.39 is 36.2 Å². The lowest BCUT2D eigenvalue weighted by atomic mass is 9.91. The zero-order valence-corrected chi connectivity index (χ0v) is 18.4. The van der Waals surface area contributed by atoms with Crippen molar-refractivity contribution in [2.24, 2.45) is 5.73 Å². The number of hydrogen-bond donors (Lipinski definition) is 4. The van der Waals surface area contributed by atoms with Crippen molar-refractivity contribution in [3.8, 4) is 11.4 Å². The summed E-state index contributed by atoms with van der Waals surface area (Å²) >= 11 is 1.46. The average Bonchev–Trinajstić information content (AvgIpc) is 3.51. The van der Waals surface area contributed by atoms with Crippen molar-refractivity contribution >= 4 is 23.2 Å². The van der Waals surface area contributed by atoms with Crippen LogP contribution in [-0.4, -0.2) is 55.9 Å². The van der Waals surface area contributed by atoms with Crippen LogP contribution in [0.1, 0.15) is 11.3 Å². The fraction of sp³-hybridized carbons (Fsp3) is 0.261. The molecule has 0 radical (unpaired) electrons. The number of imidazole rings is 1. The fourth-order valence-electron chi connectivity index (χ4n) is 3.57. The number of carbonyl (C=O) groups is 2. The highest BCUT2D eigenvalue weighted by molar-refractivity contribution is 7.09. The largest absolute Gasteiger partial charge is 0.484 e. The Morgan fingerprint density at radius 3 is 2.70 bits per heavy atom. The van der Waals surface area contributed by atoms with E-state index in [4.69, 9.17) is 10.5 Å². The van der Waals surface area contributed by atoms with Gasteiger partial charge in [-0.3, -0.25) is 9.59 Å². The summed E-state index contributed by atoms with van der Waals surface area (Å²) in [5, 5.41) is 25.2. The monoisotopic (exact) mass is 468 g/mol. The number of nitrogens with one attached hydrogen (secondary N) is 1. The zero-order chi connectivity index (χ0) is 23.4. The van der Waals surface area contributed by atoms with Gasteiger partial charge in [0.1, 0.15) is 24.0 Å². The maximum absolute atomic E-state index is 12.8. The SMILES string of the molecule is NC(=O)C(Cc1cccs1)NC(=O)C1=CC(Oc2ccc(-n3ccnc3)cc2)C(O)C(O)C1. The lowest BCUT2D eigenvalue weighted by Gasteiger charge is -2.31. The third-order valence-corrected chi connectivity index (χ3v) is 6.26. The Labute approximate surface area is 194 Å². The zero-order valence-electron chi connectivity index (χ0n) is 17.6. The van der Waals surface area contributed by atoms with Crippen molar-refractivity contribution in [1.29, 1.82) is 0 Å². The van der Waals surface area contributed by atoms with Gasteiger partial charge in [0.15, 0.2) is 0 Å². The average molecular weight is 469 g/mol. The Bertz CT molecular complexity index is 1110. The number of aliphatic hydroxyl groups excluding tert-OH is 2. The maximum Gasteiger partial charge on any atom is 0.247 e. The summed E-state index contributed by atoms with van der Waals surface area (Å²) in [4.78, 5) is 29.6. The molecule has 4 rings (SSSR count). The van der Waals surface area contributed by atoms with Gasteiger partial charge in [0.25, 0.3) is 0 Å². The molecule has 0 spiro atoms. The van der Waals surface area contributed by atoms with E-state index in [0.29, 0.717) is 5.75 Å². The first-order valence-electron chi connectivity index (χ1n) is 10.3. The van der Waals surface area contributed by atoms with Crippen LogP contribution in [0.5, 0.6) is 5.75 Å². The fourth-order valence-corrected chi connectivity index (χ4v) is 4.32. The molecule has 1 aliphatic rings. The molecule has 2 aromatic heterocycles. The number of aromatic nitrogens is 2. The van der Waals surface area contributed by atoms with Crippen LogP contribution in [-0.2, 0) is 16.0 Å². The van der Waals surface area contributed by atoms with E-state index >= 15 is 0 Å². The third-order valence-electron chi connectivity index (χ3n) is 5.36. The summed E-state index contributed by atoms with van der Waals surface area (Å²) in [6, 6.07) is 9.90. The second-order valence-corrected chi connectivity index (χ2v) is 8.74. The Hall–Kier alpha value is -3.47. The molecule has 0 saturated heterocycles. The minimum atomic E-state index is -1.21. The molecule has 4 unspecified atom stereocenters. The summed E-state index contributed by atoms with van der Waals surface area (Å²) < 4.78 is 7.68. The normalized spacial score (nSPS) is 21.2. The summed E-state index contributed by atoms with van der Waals surface area (Å²) in [5.74, 6) is -0.731. The molecule has 0 bridgehead atoms. The van der Waals surface area contributed by atoms with E-state index in [2.05, 4.69) is 10.3 Å². The first kappa shape index (κ1) is 22.7. The van der Waals surface area contributed by atoms with Crippen molar-refractivity contribution in [1.82, 2.24) is 14.9 Å². The van der Waals surface area contributed by atoms with Crippen LogP contribution in [0.15, 0.2) is 72.1 Å². The highest BCUT2D eigenvalue weighted by Crippen LogP contribution is 2.25. The van der Waals surface area contributed by atoms with Crippen molar-refractivity contribution in [2.75, 3.05) is 0 Å². The molecule has 0 saturated carbocycles. The molecule has 9 nitrogen and oxygen atoms in total. The number of rotatable bonds is 8. The van der Waals surface area contributed by atoms with E-state index in [1.807, 2.05) is 40.4 Å². The number of aliphatic hydroxyl groups is 2. The van der Waals surface area contributed by atoms with Gasteiger partial charge < -0.3 is 30.6 Å². The molecule has 2 amide bonds. The van der Waals surface area contributed by atoms with Crippen LogP contribution in [0, 0.1) is 0 Å². The van der Waals surface area contributed by atoms with Crippen LogP contribution < -0.4 is 15.8 Å². The maximum atomic E-state index is 12.8. The minimum absolute atomic E-state index is 0.0725. The van der Waals surface area contributed by atoms with Gasteiger partial charge in [-0.2, -0.15) is 0 Å². The highest BCUT2D eigenvalue weighted by Gasteiger charge is 2.35. The van der Waals surface area contributed by atoms with Gasteiger partial charge in [0, 0.05) is 41.4 Å². The second-order valence-electron chi connectivity index (χ2n) is 7.71. The molecule has 10 heteroatoms. The first-order chi connectivity index (χ1) is 15.9. The quantitative estimate of drug-likeness (QED) is 0.388. The highest BCUT2D eigenvalue weighted by atomic mass is 32.1. The number of benzene rings is 1. The van der Waals surface area contributed by atoms with Gasteiger partial charge in [0.2, 0.25) is 11.8 Å². The number of nitrogens with two attached hydrogens (primary N) is 1. The van der Waals surface area contributed by atoms with Crippen molar-refractivity contribution in [2.45, 2.75) is 37.2 Å². The Kier molecular flexibility index (Phi) is 6.87. The van der Waals surface area contributed by atoms with Crippen LogP contribution >= 0.6 is 11.3 Å². The molecular formula is C23H24N4O5S. The Morgan fingerprint density at radius 2 is 2.06 bits per heavy atom. The Balaban J connectivity index is 1.46. The predicted molar refractivity (Wildman–Crippen MR) is 122 cm³/mol. The molecule has 1 aromatic carbocycles. The lowest BCUT2D eigenvalue weighted by Crippen LogP contribution is -2.49. The molecule has 0 fully saturated rings. The summed E-state index contributed by atoms with van der Waals surface area (Å²) in [5.41, 5.74) is 6.56. The summed E-state index contributed by atoms with van der Waals surface area (Å²) in [7, 11) is 0. The van der Waals surface area contributed by atoms with Crippen molar-refractivity contribution in [3.05, 3.63) is 77.0 Å². The summed E-state index contributed by atoms with van der Waals surface area (Å²) in [6.45, 7) is 0. The number of primary amides is 1. The predicted octanol–water partition coefficient (Wildman–Crippen LogP) is 0.946. The number of carbonyl (C=O) groups excluding carboxylic acids is 2. The second kappa shape index (κ2) is 9.99. The van der Waals surface area contributed by atoms with E-state index in [0.717, 1.165) is 10.6 Å². The molecule has 3 aromatic rings. The number of hydrogen-bond acceptors (Lipinski definition) is 7. The number of ether oxygens (including phenoxy) is 1. The molecule has 172 valence electrons. The van der Waals surface area contributed by atoms with E-state index in [-0.39, 0.29) is 18.4 Å². The molecule has 5 N–H and O–H groups in total. The van der Waals surface area contributed by atoms with Crippen LogP contribution in [0.3, 0.4) is 0 Å². The lowest BCUT2D eigenvalue weighted by molar-refractivity contribution is -0.126. The van der Waals surface area contributed by atoms with Crippen LogP contribution in [0.25, 0.3) is 5.69 Å². The van der Waals surface area contributed by atoms with Gasteiger partial charge >= 0.3 is 0 Å². The first-order valence-corrected chi connectivity index (χ1v) is 11.2. The van der Waals surface area contributed by atoms with E-state index in [1.165, 1.54) is 17.4 Å². The molecular weight excluding hydrogens is 444 g/mol. The van der Waals surface area contributed by atoms with Crippen molar-refractivity contribution < 1.29 is 24.5 Å². The number of amides is 2. The van der Waals surface area contributed by atoms with E-state index in [9.17, 15) is 19.8 Å². The molecule has 33 heavy (non-hydrogen) atoms. The van der Waals surface area contributed by atoms with E-state index in [1.54, 1.807) is 24.7 Å². The number of thiophene rings is 1. The molecule has 4 atom stereocenters. The minimum Gasteiger partial charge on any atom is -0.484 e. The third kappa shape index (κ3) is 5.48. The molecule has 0 aliphatic heterocycles. The standard InChI is InChI=1S/C23H24N4O5S/c24-22(30)18(12-17-2-1-9-33-17)26-23(31)14-10-19(28)21(29)20(11-14)32-16-5-3-15(4-6-16)27-8-7-25-13-27/h1-9,11,13,18-21,28-29H,10,12H2,(H2,24,30)(H,26,31). The number of nitrogens with zero attached hydrogens (tertiary/aromatic N) is 2. The summed E-state index contributed by atoms with van der Waals surface area (Å²) in [6.07, 6.45) is 3.47. The van der Waals surface area contributed by atoms with Gasteiger partial charge in [-0.05, 0) is 41.8 Å². The topological polar surface area (TPSA) is 140 Å². The van der Waals surface area contributed by atoms with Gasteiger partial charge in [-0.1, -0.05) is 6.07 Å². The molecule has 2 heterocycles. The van der Waals surface area contributed by atoms with Crippen LogP contribution in [0.2, 0.25) is 0 Å². The van der Waals surface area contributed by atoms with Gasteiger partial charge in [-0.25, -0.2) is 4.98 Å². The Morgan fingerprint density at radius 1 is 1.27 bits per heavy atom. The molecule has 1 aliphatic carbocycles. The smallest absolute Gasteiger partial charge is 0.247 e. The van der Waals surface area contributed by atoms with Crippen LogP contribution in [0.4, 0.5) is 0 Å². The van der Waals surface area contributed by atoms with Gasteiger partial charge in [0.05, 0.1) is 12.4 Å². The van der Waals surface area contributed by atoms with Gasteiger partial charge in [-0.15, -0.1) is 11.3 Å². The van der Waals surface area contributed by atoms with Crippen molar-refractivity contribution in [3.63, 3.8) is 0 Å².